The maximum atomic E-state index is 12.6. The number of ether oxygens (including phenoxy) is 2. The molecule has 4 rings (SSSR count). The molecule has 0 bridgehead atoms. The first-order valence-corrected chi connectivity index (χ1v) is 14.3. The number of H-pyrrole nitrogens is 1. The molecule has 9 nitrogen and oxygen atoms in total. The number of carbonyl (C=O) groups is 2. The van der Waals surface area contributed by atoms with Gasteiger partial charge in [-0.1, -0.05) is 0 Å². The molecule has 0 spiro atoms. The van der Waals surface area contributed by atoms with Gasteiger partial charge in [-0.15, -0.1) is 0 Å². The Morgan fingerprint density at radius 1 is 0.860 bits per heavy atom. The van der Waals surface area contributed by atoms with Gasteiger partial charge < -0.3 is 14.6 Å². The molecule has 2 heterocycles. The third-order valence-corrected chi connectivity index (χ3v) is 7.43. The summed E-state index contributed by atoms with van der Waals surface area (Å²) < 4.78 is 85.2. The Balaban J connectivity index is 0.000000247. The quantitative estimate of drug-likeness (QED) is 0.282. The van der Waals surface area contributed by atoms with Gasteiger partial charge in [-0.25, -0.2) is 9.59 Å². The monoisotopic (exact) mass is 626 g/mol. The molecule has 0 atom stereocenters. The number of nitrogens with zero attached hydrogens (tertiary/aromatic N) is 3. The van der Waals surface area contributed by atoms with Crippen molar-refractivity contribution in [1.29, 1.82) is 0 Å². The van der Waals surface area contributed by atoms with Gasteiger partial charge in [-0.2, -0.15) is 36.5 Å². The minimum absolute atomic E-state index is 0.0783. The van der Waals surface area contributed by atoms with Crippen LogP contribution in [0.5, 0.6) is 0 Å². The van der Waals surface area contributed by atoms with E-state index < -0.39 is 36.3 Å². The van der Waals surface area contributed by atoms with Gasteiger partial charge in [-0.05, 0) is 79.1 Å². The molecule has 43 heavy (non-hydrogen) atoms. The normalized spacial score (nSPS) is 22.4. The summed E-state index contributed by atoms with van der Waals surface area (Å²) in [5.41, 5.74) is 2.18. The van der Waals surface area contributed by atoms with Crippen LogP contribution in [0.2, 0.25) is 0 Å². The Hall–Kier alpha value is -3.10. The molecule has 2 aromatic rings. The minimum atomic E-state index is -4.11. The van der Waals surface area contributed by atoms with E-state index in [1.165, 1.54) is 6.20 Å². The first-order valence-electron chi connectivity index (χ1n) is 14.3. The Labute approximate surface area is 246 Å². The van der Waals surface area contributed by atoms with Crippen LogP contribution in [-0.2, 0) is 9.47 Å². The average molecular weight is 627 g/mol. The number of aliphatic hydroxyl groups excluding tert-OH is 1. The average Bonchev–Trinajstić information content (AvgIpc) is 3.54. The zero-order valence-corrected chi connectivity index (χ0v) is 24.7. The Morgan fingerprint density at radius 2 is 1.33 bits per heavy atom. The second kappa shape index (κ2) is 16.1. The van der Waals surface area contributed by atoms with Crippen LogP contribution in [0.1, 0.15) is 103 Å². The number of hydrogen-bond donors (Lipinski definition) is 2. The van der Waals surface area contributed by atoms with E-state index in [-0.39, 0.29) is 44.3 Å². The number of carbonyl (C=O) groups excluding carboxylic acids is 2. The van der Waals surface area contributed by atoms with Crippen LogP contribution in [0.4, 0.5) is 26.3 Å². The van der Waals surface area contributed by atoms with Crippen LogP contribution in [0.3, 0.4) is 0 Å². The molecule has 2 aromatic heterocycles. The van der Waals surface area contributed by atoms with Gasteiger partial charge in [0.25, 0.3) is 0 Å². The summed E-state index contributed by atoms with van der Waals surface area (Å²) in [6, 6.07) is -0.0783. The topological polar surface area (TPSA) is 119 Å². The molecule has 2 aliphatic carbocycles. The van der Waals surface area contributed by atoms with Gasteiger partial charge in [0.2, 0.25) is 0 Å². The van der Waals surface area contributed by atoms with Gasteiger partial charge in [0.1, 0.15) is 11.1 Å². The Bertz CT molecular complexity index is 1150. The molecule has 0 amide bonds. The summed E-state index contributed by atoms with van der Waals surface area (Å²) in [5.74, 6) is -3.15. The van der Waals surface area contributed by atoms with Crippen molar-refractivity contribution in [3.05, 3.63) is 34.9 Å². The molecule has 2 aliphatic rings. The smallest absolute Gasteiger partial charge is 0.391 e. The maximum Gasteiger partial charge on any atom is 0.391 e. The zero-order valence-electron chi connectivity index (χ0n) is 24.7. The predicted octanol–water partition coefficient (Wildman–Crippen LogP) is 6.66. The number of aryl methyl sites for hydroxylation is 2. The highest BCUT2D eigenvalue weighted by atomic mass is 19.4. The Morgan fingerprint density at radius 3 is 1.74 bits per heavy atom. The largest absolute Gasteiger partial charge is 0.462 e. The fourth-order valence-electron chi connectivity index (χ4n) is 4.91. The van der Waals surface area contributed by atoms with Crippen molar-refractivity contribution >= 4 is 11.9 Å². The SMILES string of the molecule is CCOC(=O)c1cn(C2CCC(C(F)(F)F)CC2)nc1C.CCOC(=O)c1cn[nH]c1C.OC1CCC(C(F)(F)F)CC1. The van der Waals surface area contributed by atoms with Crippen LogP contribution in [0.25, 0.3) is 0 Å². The summed E-state index contributed by atoms with van der Waals surface area (Å²) in [5, 5.41) is 19.5. The number of alkyl halides is 6. The van der Waals surface area contributed by atoms with Crippen LogP contribution in [0.15, 0.2) is 12.4 Å². The van der Waals surface area contributed by atoms with Crippen LogP contribution in [0, 0.1) is 25.7 Å². The van der Waals surface area contributed by atoms with Crippen molar-refractivity contribution in [2.75, 3.05) is 13.2 Å². The summed E-state index contributed by atoms with van der Waals surface area (Å²) in [7, 11) is 0. The van der Waals surface area contributed by atoms with E-state index in [1.807, 2.05) is 0 Å². The van der Waals surface area contributed by atoms with Crippen molar-refractivity contribution in [3.63, 3.8) is 0 Å². The van der Waals surface area contributed by atoms with Crippen molar-refractivity contribution in [2.45, 2.75) is 104 Å². The molecule has 15 heteroatoms. The highest BCUT2D eigenvalue weighted by molar-refractivity contribution is 5.90. The van der Waals surface area contributed by atoms with Crippen molar-refractivity contribution in [3.8, 4) is 0 Å². The van der Waals surface area contributed by atoms with E-state index in [9.17, 15) is 35.9 Å². The zero-order chi connectivity index (χ0) is 32.4. The number of halogens is 6. The first kappa shape index (κ1) is 36.1. The number of aromatic nitrogens is 4. The molecule has 0 radical (unpaired) electrons. The van der Waals surface area contributed by atoms with Crippen molar-refractivity contribution < 1.29 is 50.5 Å². The van der Waals surface area contributed by atoms with E-state index in [4.69, 9.17) is 14.6 Å². The van der Waals surface area contributed by atoms with E-state index in [2.05, 4.69) is 15.3 Å². The second-order valence-corrected chi connectivity index (χ2v) is 10.6. The lowest BCUT2D eigenvalue weighted by Gasteiger charge is -2.29. The summed E-state index contributed by atoms with van der Waals surface area (Å²) >= 11 is 0. The van der Waals surface area contributed by atoms with Crippen LogP contribution < -0.4 is 0 Å². The van der Waals surface area contributed by atoms with E-state index in [0.29, 0.717) is 49.1 Å². The van der Waals surface area contributed by atoms with Gasteiger partial charge >= 0.3 is 24.3 Å². The van der Waals surface area contributed by atoms with Crippen LogP contribution in [-0.4, -0.2) is 68.7 Å². The number of aliphatic hydroxyl groups is 1. The number of rotatable bonds is 5. The van der Waals surface area contributed by atoms with Crippen molar-refractivity contribution in [1.82, 2.24) is 20.0 Å². The third-order valence-electron chi connectivity index (χ3n) is 7.43. The number of esters is 2. The fraction of sp³-hybridized carbons (Fsp3) is 0.714. The highest BCUT2D eigenvalue weighted by Gasteiger charge is 2.42. The van der Waals surface area contributed by atoms with Gasteiger partial charge in [0.05, 0.1) is 49.1 Å². The van der Waals surface area contributed by atoms with E-state index >= 15 is 0 Å². The van der Waals surface area contributed by atoms with E-state index in [0.717, 1.165) is 5.69 Å². The van der Waals surface area contributed by atoms with Gasteiger partial charge in [-0.3, -0.25) is 9.78 Å². The van der Waals surface area contributed by atoms with Gasteiger partial charge in [0.15, 0.2) is 0 Å². The minimum Gasteiger partial charge on any atom is -0.462 e. The maximum absolute atomic E-state index is 12.6. The standard InChI is InChI=1S/C14H19F3N2O2.C7H11F3O.C7H10N2O2/c1-3-21-13(20)12-8-19(18-9(12)2)11-6-4-10(5-7-11)14(15,16)17;8-7(9,10)5-1-3-6(11)4-2-5;1-3-11-7(10)6-4-8-9-5(6)2/h8,10-11H,3-7H2,1-2H3;5-6,11H,1-4H2;4H,3H2,1-2H3,(H,8,9). The lowest BCUT2D eigenvalue weighted by atomic mass is 9.86. The molecular weight excluding hydrogens is 586 g/mol. The fourth-order valence-corrected chi connectivity index (χ4v) is 4.91. The molecule has 2 saturated carbocycles. The molecule has 0 aromatic carbocycles. The highest BCUT2D eigenvalue weighted by Crippen LogP contribution is 2.41. The molecule has 244 valence electrons. The molecule has 0 aliphatic heterocycles. The van der Waals surface area contributed by atoms with Crippen molar-refractivity contribution in [2.24, 2.45) is 11.8 Å². The third kappa shape index (κ3) is 11.2. The predicted molar refractivity (Wildman–Crippen MR) is 143 cm³/mol. The van der Waals surface area contributed by atoms with Crippen LogP contribution >= 0.6 is 0 Å². The second-order valence-electron chi connectivity index (χ2n) is 10.6. The lowest BCUT2D eigenvalue weighted by molar-refractivity contribution is -0.186. The van der Waals surface area contributed by atoms with E-state index in [1.54, 1.807) is 38.6 Å². The molecule has 2 N–H and O–H groups in total. The summed E-state index contributed by atoms with van der Waals surface area (Å²) in [6.07, 6.45) is -3.77. The number of nitrogens with one attached hydrogen (secondary N) is 1. The first-order chi connectivity index (χ1) is 20.1. The lowest BCUT2D eigenvalue weighted by Crippen LogP contribution is -2.29. The number of hydrogen-bond acceptors (Lipinski definition) is 7. The Kier molecular flexibility index (Phi) is 13.5. The molecule has 0 saturated heterocycles. The number of aromatic amines is 1. The summed E-state index contributed by atoms with van der Waals surface area (Å²) in [6.45, 7) is 7.64. The molecule has 2 fully saturated rings. The molecular formula is C28H40F6N4O5. The summed E-state index contributed by atoms with van der Waals surface area (Å²) in [4.78, 5) is 22.8. The van der Waals surface area contributed by atoms with Gasteiger partial charge in [0, 0.05) is 11.9 Å². The molecule has 0 unspecified atom stereocenters.